The second-order valence-electron chi connectivity index (χ2n) is 5.35. The number of hydrogen-bond acceptors (Lipinski definition) is 3. The maximum Gasteiger partial charge on any atom is 0.251 e. The predicted octanol–water partition coefficient (Wildman–Crippen LogP) is 4.06. The first kappa shape index (κ1) is 14.9. The van der Waals surface area contributed by atoms with Crippen molar-refractivity contribution in [2.45, 2.75) is 19.8 Å². The van der Waals surface area contributed by atoms with Gasteiger partial charge in [-0.25, -0.2) is 0 Å². The summed E-state index contributed by atoms with van der Waals surface area (Å²) in [6.45, 7) is 2.83. The van der Waals surface area contributed by atoms with Gasteiger partial charge in [0.2, 0.25) is 0 Å². The van der Waals surface area contributed by atoms with Crippen molar-refractivity contribution >= 4 is 29.0 Å². The number of carbonyl (C=O) groups is 1. The van der Waals surface area contributed by atoms with E-state index in [1.54, 1.807) is 24.5 Å². The van der Waals surface area contributed by atoms with Crippen LogP contribution in [0.4, 0.5) is 5.69 Å². The number of benzene rings is 1. The lowest BCUT2D eigenvalue weighted by Gasteiger charge is -2.31. The summed E-state index contributed by atoms with van der Waals surface area (Å²) in [5, 5.41) is 2.01. The molecule has 114 valence electrons. The highest BCUT2D eigenvalue weighted by molar-refractivity contribution is 7.10. The zero-order valence-electron chi connectivity index (χ0n) is 12.8. The van der Waals surface area contributed by atoms with E-state index in [2.05, 4.69) is 13.0 Å². The zero-order chi connectivity index (χ0) is 15.5. The summed E-state index contributed by atoms with van der Waals surface area (Å²) in [6, 6.07) is 8.00. The molecule has 0 unspecified atom stereocenters. The maximum absolute atomic E-state index is 12.6. The monoisotopic (exact) mass is 313 g/mol. The van der Waals surface area contributed by atoms with Crippen LogP contribution in [0.2, 0.25) is 0 Å². The Hall–Kier alpha value is -2.07. The number of rotatable bonds is 3. The van der Waals surface area contributed by atoms with Crippen LogP contribution in [0.1, 0.15) is 22.4 Å². The Morgan fingerprint density at radius 3 is 2.95 bits per heavy atom. The minimum atomic E-state index is 0.0123. The number of methoxy groups -OCH3 is 1. The van der Waals surface area contributed by atoms with Gasteiger partial charge in [0.15, 0.2) is 0 Å². The minimum absolute atomic E-state index is 0.0123. The van der Waals surface area contributed by atoms with Crippen LogP contribution in [-0.2, 0) is 11.2 Å². The fourth-order valence-electron chi connectivity index (χ4n) is 2.87. The number of ether oxygens (including phenoxy) is 1. The predicted molar refractivity (Wildman–Crippen MR) is 91.8 cm³/mol. The summed E-state index contributed by atoms with van der Waals surface area (Å²) < 4.78 is 5.48. The molecule has 0 saturated heterocycles. The number of hydrogen-bond donors (Lipinski definition) is 0. The fourth-order valence-corrected chi connectivity index (χ4v) is 3.49. The first-order chi connectivity index (χ1) is 10.7. The lowest BCUT2D eigenvalue weighted by atomic mass is 9.96. The van der Waals surface area contributed by atoms with E-state index >= 15 is 0 Å². The molecule has 0 atom stereocenters. The van der Waals surface area contributed by atoms with E-state index in [0.717, 1.165) is 35.7 Å². The molecule has 0 aliphatic carbocycles. The summed E-state index contributed by atoms with van der Waals surface area (Å²) in [4.78, 5) is 15.6. The van der Waals surface area contributed by atoms with Gasteiger partial charge in [-0.1, -0.05) is 12.1 Å². The van der Waals surface area contributed by atoms with Crippen molar-refractivity contribution in [1.29, 1.82) is 0 Å². The lowest BCUT2D eigenvalue weighted by Crippen LogP contribution is -2.34. The highest BCUT2D eigenvalue weighted by Gasteiger charge is 2.25. The molecule has 1 aromatic carbocycles. The van der Waals surface area contributed by atoms with E-state index < -0.39 is 0 Å². The van der Waals surface area contributed by atoms with Crippen molar-refractivity contribution in [1.82, 2.24) is 0 Å². The van der Waals surface area contributed by atoms with Crippen LogP contribution >= 0.6 is 11.3 Å². The van der Waals surface area contributed by atoms with Gasteiger partial charge in [0.1, 0.15) is 5.75 Å². The van der Waals surface area contributed by atoms with Crippen molar-refractivity contribution in [3.05, 3.63) is 51.7 Å². The molecular weight excluding hydrogens is 294 g/mol. The summed E-state index contributed by atoms with van der Waals surface area (Å²) in [6.07, 6.45) is 5.52. The molecule has 0 N–H and O–H groups in total. The van der Waals surface area contributed by atoms with Crippen LogP contribution in [0.3, 0.4) is 0 Å². The molecule has 2 heterocycles. The third-order valence-corrected chi connectivity index (χ3v) is 4.82. The third kappa shape index (κ3) is 2.79. The van der Waals surface area contributed by atoms with Gasteiger partial charge in [-0.3, -0.25) is 4.79 Å². The molecule has 0 spiro atoms. The maximum atomic E-state index is 12.6. The Morgan fingerprint density at radius 1 is 1.36 bits per heavy atom. The first-order valence-corrected chi connectivity index (χ1v) is 8.28. The van der Waals surface area contributed by atoms with Crippen LogP contribution in [-0.4, -0.2) is 19.6 Å². The van der Waals surface area contributed by atoms with E-state index in [4.69, 9.17) is 4.74 Å². The molecule has 1 aliphatic heterocycles. The van der Waals surface area contributed by atoms with Gasteiger partial charge >= 0.3 is 0 Å². The van der Waals surface area contributed by atoms with Gasteiger partial charge < -0.3 is 9.64 Å². The molecule has 1 aromatic heterocycles. The van der Waals surface area contributed by atoms with E-state index in [9.17, 15) is 4.79 Å². The van der Waals surface area contributed by atoms with Gasteiger partial charge in [0.05, 0.1) is 12.8 Å². The largest absolute Gasteiger partial charge is 0.495 e. The van der Waals surface area contributed by atoms with Gasteiger partial charge in [-0.05, 0) is 54.5 Å². The molecule has 0 fully saturated rings. The van der Waals surface area contributed by atoms with Crippen LogP contribution in [0.15, 0.2) is 35.7 Å². The van der Waals surface area contributed by atoms with Gasteiger partial charge in [0.25, 0.3) is 5.91 Å². The van der Waals surface area contributed by atoms with E-state index in [1.807, 2.05) is 34.6 Å². The van der Waals surface area contributed by atoms with Crippen LogP contribution in [0.25, 0.3) is 6.08 Å². The van der Waals surface area contributed by atoms with Crippen LogP contribution in [0, 0.1) is 6.92 Å². The number of anilines is 1. The number of aryl methyl sites for hydroxylation is 1. The molecule has 4 heteroatoms. The smallest absolute Gasteiger partial charge is 0.251 e. The molecule has 1 amide bonds. The zero-order valence-corrected chi connectivity index (χ0v) is 13.7. The second kappa shape index (κ2) is 6.36. The molecular formula is C18H19NO2S. The lowest BCUT2D eigenvalue weighted by molar-refractivity contribution is -0.114. The van der Waals surface area contributed by atoms with Crippen molar-refractivity contribution in [3.63, 3.8) is 0 Å². The average molecular weight is 313 g/mol. The Morgan fingerprint density at radius 2 is 2.23 bits per heavy atom. The van der Waals surface area contributed by atoms with Gasteiger partial charge in [-0.15, -0.1) is 11.3 Å². The SMILES string of the molecule is COc1ccc(C)c2c1N(C(=O)/C=C/c1cccs1)CCC2. The number of carbonyl (C=O) groups excluding carboxylic acids is 1. The molecule has 0 radical (unpaired) electrons. The van der Waals surface area contributed by atoms with E-state index in [0.29, 0.717) is 0 Å². The molecule has 0 saturated carbocycles. The number of thiophene rings is 1. The standard InChI is InChI=1S/C18H19NO2S/c1-13-7-9-16(21-2)18-15(13)6-3-11-19(18)17(20)10-8-14-5-4-12-22-14/h4-5,7-10,12H,3,6,11H2,1-2H3/b10-8+. The van der Waals surface area contributed by atoms with E-state index in [-0.39, 0.29) is 5.91 Å². The highest BCUT2D eigenvalue weighted by Crippen LogP contribution is 2.38. The highest BCUT2D eigenvalue weighted by atomic mass is 32.1. The quantitative estimate of drug-likeness (QED) is 0.800. The average Bonchev–Trinajstić information content (AvgIpc) is 3.06. The van der Waals surface area contributed by atoms with Crippen molar-refractivity contribution in [2.75, 3.05) is 18.6 Å². The Balaban J connectivity index is 1.94. The van der Waals surface area contributed by atoms with Crippen molar-refractivity contribution in [2.24, 2.45) is 0 Å². The van der Waals surface area contributed by atoms with Gasteiger partial charge in [0, 0.05) is 17.5 Å². The molecule has 3 nitrogen and oxygen atoms in total. The van der Waals surface area contributed by atoms with Crippen molar-refractivity contribution < 1.29 is 9.53 Å². The molecule has 0 bridgehead atoms. The number of fused-ring (bicyclic) bond motifs is 1. The minimum Gasteiger partial charge on any atom is -0.495 e. The number of amides is 1. The van der Waals surface area contributed by atoms with Crippen molar-refractivity contribution in [3.8, 4) is 5.75 Å². The summed E-state index contributed by atoms with van der Waals surface area (Å²) in [5.74, 6) is 0.788. The summed E-state index contributed by atoms with van der Waals surface area (Å²) in [5.41, 5.74) is 3.38. The van der Waals surface area contributed by atoms with Crippen LogP contribution in [0.5, 0.6) is 5.75 Å². The normalized spacial score (nSPS) is 14.2. The Labute approximate surface area is 134 Å². The number of nitrogens with zero attached hydrogens (tertiary/aromatic N) is 1. The molecule has 3 rings (SSSR count). The Kier molecular flexibility index (Phi) is 4.29. The molecule has 22 heavy (non-hydrogen) atoms. The van der Waals surface area contributed by atoms with E-state index in [1.165, 1.54) is 11.1 Å². The third-order valence-electron chi connectivity index (χ3n) is 3.98. The summed E-state index contributed by atoms with van der Waals surface area (Å²) >= 11 is 1.63. The topological polar surface area (TPSA) is 29.5 Å². The molecule has 1 aliphatic rings. The van der Waals surface area contributed by atoms with Crippen LogP contribution < -0.4 is 9.64 Å². The fraction of sp³-hybridized carbons (Fsp3) is 0.278. The second-order valence-corrected chi connectivity index (χ2v) is 6.33. The summed E-state index contributed by atoms with van der Waals surface area (Å²) in [7, 11) is 1.66. The Bertz CT molecular complexity index is 704. The molecule has 2 aromatic rings. The first-order valence-electron chi connectivity index (χ1n) is 7.40. The van der Waals surface area contributed by atoms with Gasteiger partial charge in [-0.2, -0.15) is 0 Å².